The molecule has 2 aliphatic heterocycles. The van der Waals surface area contributed by atoms with Crippen LogP contribution in [0, 0.1) is 6.92 Å². The molecule has 0 aliphatic carbocycles. The largest absolute Gasteiger partial charge is 0.366 e. The second-order valence-electron chi connectivity index (χ2n) is 6.19. The topological polar surface area (TPSA) is 6.48 Å². The molecule has 0 aromatic heterocycles. The van der Waals surface area contributed by atoms with Crippen molar-refractivity contribution in [3.8, 4) is 0 Å². The second-order valence-corrected chi connectivity index (χ2v) is 6.19. The standard InChI is InChI=1S/C17H26N2/c1-3-15-12-18-11-5-4-6-17(18)13-19(15)16-9-7-14(2)8-10-16/h7-10,15,17H,3-6,11-13H2,1-2H3. The predicted molar refractivity (Wildman–Crippen MR) is 81.8 cm³/mol. The summed E-state index contributed by atoms with van der Waals surface area (Å²) in [6, 6.07) is 10.6. The minimum Gasteiger partial charge on any atom is -0.366 e. The van der Waals surface area contributed by atoms with Gasteiger partial charge in [0.05, 0.1) is 0 Å². The maximum atomic E-state index is 2.74. The van der Waals surface area contributed by atoms with Crippen LogP contribution in [0.5, 0.6) is 0 Å². The summed E-state index contributed by atoms with van der Waals surface area (Å²) in [4.78, 5) is 5.40. The summed E-state index contributed by atoms with van der Waals surface area (Å²) in [5.41, 5.74) is 2.77. The van der Waals surface area contributed by atoms with Gasteiger partial charge in [-0.25, -0.2) is 0 Å². The molecule has 1 aromatic rings. The number of piperidine rings is 1. The lowest BCUT2D eigenvalue weighted by Gasteiger charge is -2.49. The number of piperazine rings is 1. The smallest absolute Gasteiger partial charge is 0.0415 e. The number of aryl methyl sites for hydroxylation is 1. The maximum absolute atomic E-state index is 2.74. The third kappa shape index (κ3) is 2.64. The van der Waals surface area contributed by atoms with Gasteiger partial charge in [-0.3, -0.25) is 4.90 Å². The summed E-state index contributed by atoms with van der Waals surface area (Å²) in [5.74, 6) is 0. The monoisotopic (exact) mass is 258 g/mol. The summed E-state index contributed by atoms with van der Waals surface area (Å²) in [5, 5.41) is 0. The molecule has 2 unspecified atom stereocenters. The Hall–Kier alpha value is -1.02. The van der Waals surface area contributed by atoms with Gasteiger partial charge in [-0.05, 0) is 44.9 Å². The van der Waals surface area contributed by atoms with Crippen LogP contribution in [0.1, 0.15) is 38.2 Å². The van der Waals surface area contributed by atoms with Gasteiger partial charge in [0.15, 0.2) is 0 Å². The highest BCUT2D eigenvalue weighted by atomic mass is 15.3. The van der Waals surface area contributed by atoms with Crippen molar-refractivity contribution in [2.75, 3.05) is 24.5 Å². The lowest BCUT2D eigenvalue weighted by molar-refractivity contribution is 0.111. The molecule has 1 aromatic carbocycles. The van der Waals surface area contributed by atoms with Crippen molar-refractivity contribution in [1.29, 1.82) is 0 Å². The molecule has 2 atom stereocenters. The first-order valence-corrected chi connectivity index (χ1v) is 7.85. The van der Waals surface area contributed by atoms with Gasteiger partial charge >= 0.3 is 0 Å². The zero-order valence-corrected chi connectivity index (χ0v) is 12.3. The normalized spacial score (nSPS) is 28.2. The van der Waals surface area contributed by atoms with E-state index in [1.165, 1.54) is 56.6 Å². The lowest BCUT2D eigenvalue weighted by Crippen LogP contribution is -2.59. The fourth-order valence-corrected chi connectivity index (χ4v) is 3.65. The predicted octanol–water partition coefficient (Wildman–Crippen LogP) is 3.45. The Morgan fingerprint density at radius 2 is 1.89 bits per heavy atom. The average Bonchev–Trinajstić information content (AvgIpc) is 2.46. The van der Waals surface area contributed by atoms with Crippen LogP contribution in [0.2, 0.25) is 0 Å². The van der Waals surface area contributed by atoms with E-state index in [9.17, 15) is 0 Å². The van der Waals surface area contributed by atoms with Crippen LogP contribution in [0.15, 0.2) is 24.3 Å². The van der Waals surface area contributed by atoms with E-state index in [0.717, 1.165) is 6.04 Å². The van der Waals surface area contributed by atoms with E-state index < -0.39 is 0 Å². The summed E-state index contributed by atoms with van der Waals surface area (Å²) >= 11 is 0. The van der Waals surface area contributed by atoms with E-state index in [-0.39, 0.29) is 0 Å². The molecule has 0 saturated carbocycles. The first-order chi connectivity index (χ1) is 9.28. The van der Waals surface area contributed by atoms with Crippen molar-refractivity contribution in [3.63, 3.8) is 0 Å². The van der Waals surface area contributed by atoms with Crippen molar-refractivity contribution < 1.29 is 0 Å². The Bertz CT molecular complexity index is 412. The van der Waals surface area contributed by atoms with Crippen LogP contribution in [-0.2, 0) is 0 Å². The molecular weight excluding hydrogens is 232 g/mol. The first kappa shape index (κ1) is 13.0. The van der Waals surface area contributed by atoms with Gasteiger partial charge < -0.3 is 4.90 Å². The van der Waals surface area contributed by atoms with E-state index >= 15 is 0 Å². The molecule has 2 heteroatoms. The SMILES string of the molecule is CCC1CN2CCCCC2CN1c1ccc(C)cc1. The molecule has 2 aliphatic rings. The van der Waals surface area contributed by atoms with Gasteiger partial charge in [-0.1, -0.05) is 31.0 Å². The van der Waals surface area contributed by atoms with Crippen molar-refractivity contribution >= 4 is 5.69 Å². The third-order valence-corrected chi connectivity index (χ3v) is 4.88. The highest BCUT2D eigenvalue weighted by Gasteiger charge is 2.34. The highest BCUT2D eigenvalue weighted by Crippen LogP contribution is 2.29. The number of hydrogen-bond acceptors (Lipinski definition) is 2. The van der Waals surface area contributed by atoms with Gasteiger partial charge in [-0.2, -0.15) is 0 Å². The number of rotatable bonds is 2. The zero-order valence-electron chi connectivity index (χ0n) is 12.3. The Kier molecular flexibility index (Phi) is 3.79. The van der Waals surface area contributed by atoms with Gasteiger partial charge in [-0.15, -0.1) is 0 Å². The summed E-state index contributed by atoms with van der Waals surface area (Å²) in [6.07, 6.45) is 5.45. The molecule has 0 radical (unpaired) electrons. The highest BCUT2D eigenvalue weighted by molar-refractivity contribution is 5.49. The molecule has 2 saturated heterocycles. The second kappa shape index (κ2) is 5.54. The molecule has 3 rings (SSSR count). The number of benzene rings is 1. The fraction of sp³-hybridized carbons (Fsp3) is 0.647. The van der Waals surface area contributed by atoms with Crippen LogP contribution in [0.25, 0.3) is 0 Å². The Morgan fingerprint density at radius 3 is 2.63 bits per heavy atom. The summed E-state index contributed by atoms with van der Waals surface area (Å²) in [7, 11) is 0. The molecule has 0 bridgehead atoms. The van der Waals surface area contributed by atoms with Crippen LogP contribution in [0.4, 0.5) is 5.69 Å². The fourth-order valence-electron chi connectivity index (χ4n) is 3.65. The van der Waals surface area contributed by atoms with Crippen molar-refractivity contribution in [1.82, 2.24) is 4.90 Å². The summed E-state index contributed by atoms with van der Waals surface area (Å²) in [6.45, 7) is 8.30. The maximum Gasteiger partial charge on any atom is 0.0415 e. The van der Waals surface area contributed by atoms with Crippen LogP contribution in [-0.4, -0.2) is 36.6 Å². The Labute approximate surface area is 117 Å². The zero-order chi connectivity index (χ0) is 13.2. The molecule has 0 spiro atoms. The Morgan fingerprint density at radius 1 is 1.11 bits per heavy atom. The minimum absolute atomic E-state index is 0.692. The number of nitrogens with zero attached hydrogens (tertiary/aromatic N) is 2. The Balaban J connectivity index is 1.80. The van der Waals surface area contributed by atoms with Crippen molar-refractivity contribution in [3.05, 3.63) is 29.8 Å². The molecule has 104 valence electrons. The van der Waals surface area contributed by atoms with Crippen LogP contribution in [0.3, 0.4) is 0 Å². The molecule has 0 amide bonds. The van der Waals surface area contributed by atoms with Gasteiger partial charge in [0, 0.05) is 30.9 Å². The van der Waals surface area contributed by atoms with Gasteiger partial charge in [0.2, 0.25) is 0 Å². The number of fused-ring (bicyclic) bond motifs is 1. The lowest BCUT2D eigenvalue weighted by atomic mass is 9.95. The number of hydrogen-bond donors (Lipinski definition) is 0. The van der Waals surface area contributed by atoms with Crippen LogP contribution >= 0.6 is 0 Å². The molecule has 19 heavy (non-hydrogen) atoms. The van der Waals surface area contributed by atoms with Crippen molar-refractivity contribution in [2.24, 2.45) is 0 Å². The molecular formula is C17H26N2. The third-order valence-electron chi connectivity index (χ3n) is 4.88. The first-order valence-electron chi connectivity index (χ1n) is 7.85. The molecule has 0 N–H and O–H groups in total. The van der Waals surface area contributed by atoms with Gasteiger partial charge in [0.1, 0.15) is 0 Å². The van der Waals surface area contributed by atoms with E-state index in [4.69, 9.17) is 0 Å². The van der Waals surface area contributed by atoms with E-state index in [0.29, 0.717) is 6.04 Å². The van der Waals surface area contributed by atoms with Crippen molar-refractivity contribution in [2.45, 2.75) is 51.6 Å². The quantitative estimate of drug-likeness (QED) is 0.801. The summed E-state index contributed by atoms with van der Waals surface area (Å²) < 4.78 is 0. The minimum atomic E-state index is 0.692. The van der Waals surface area contributed by atoms with Gasteiger partial charge in [0.25, 0.3) is 0 Å². The van der Waals surface area contributed by atoms with Crippen LogP contribution < -0.4 is 4.90 Å². The van der Waals surface area contributed by atoms with E-state index in [2.05, 4.69) is 47.9 Å². The molecule has 2 heterocycles. The number of anilines is 1. The van der Waals surface area contributed by atoms with E-state index in [1.54, 1.807) is 0 Å². The van der Waals surface area contributed by atoms with E-state index in [1.807, 2.05) is 0 Å². The molecule has 2 fully saturated rings. The average molecular weight is 258 g/mol. The molecule has 2 nitrogen and oxygen atoms in total.